The molecule has 2 heteroatoms. The van der Waals surface area contributed by atoms with Crippen LogP contribution >= 0.6 is 0 Å². The summed E-state index contributed by atoms with van der Waals surface area (Å²) in [5.41, 5.74) is 0. The highest BCUT2D eigenvalue weighted by molar-refractivity contribution is 4.48. The number of unbranched alkanes of at least 4 members (excludes halogenated alkanes) is 1. The normalized spacial score (nSPS) is 13.4. The van der Waals surface area contributed by atoms with E-state index in [4.69, 9.17) is 9.47 Å². The number of rotatable bonds is 10. The minimum atomic E-state index is 0.0281. The van der Waals surface area contributed by atoms with Crippen LogP contribution in [0.15, 0.2) is 0 Å². The molecular weight excluding hydrogens is 188 g/mol. The Kier molecular flexibility index (Phi) is 10.4. The predicted octanol–water partition coefficient (Wildman–Crippen LogP) is 3.99. The first-order chi connectivity index (χ1) is 7.20. The second-order valence-electron chi connectivity index (χ2n) is 4.50. The van der Waals surface area contributed by atoms with Crippen molar-refractivity contribution in [3.63, 3.8) is 0 Å². The first kappa shape index (κ1) is 14.9. The number of ether oxygens (including phenoxy) is 2. The summed E-state index contributed by atoms with van der Waals surface area (Å²) in [6, 6.07) is 0. The van der Waals surface area contributed by atoms with Crippen molar-refractivity contribution in [2.24, 2.45) is 5.92 Å². The van der Waals surface area contributed by atoms with E-state index in [1.165, 1.54) is 6.42 Å². The number of hydrogen-bond donors (Lipinski definition) is 0. The van der Waals surface area contributed by atoms with Gasteiger partial charge in [-0.1, -0.05) is 40.5 Å². The molecule has 1 unspecified atom stereocenters. The highest BCUT2D eigenvalue weighted by atomic mass is 16.7. The van der Waals surface area contributed by atoms with Gasteiger partial charge in [-0.3, -0.25) is 0 Å². The van der Waals surface area contributed by atoms with E-state index in [1.54, 1.807) is 0 Å². The minimum absolute atomic E-state index is 0.0281. The van der Waals surface area contributed by atoms with Crippen LogP contribution in [0.25, 0.3) is 0 Å². The Morgan fingerprint density at radius 1 is 0.867 bits per heavy atom. The maximum absolute atomic E-state index is 5.72. The lowest BCUT2D eigenvalue weighted by molar-refractivity contribution is -0.148. The maximum Gasteiger partial charge on any atom is 0.157 e. The summed E-state index contributed by atoms with van der Waals surface area (Å²) >= 11 is 0. The van der Waals surface area contributed by atoms with Crippen molar-refractivity contribution >= 4 is 0 Å². The zero-order valence-corrected chi connectivity index (χ0v) is 10.9. The van der Waals surface area contributed by atoms with Crippen molar-refractivity contribution in [1.82, 2.24) is 0 Å². The van der Waals surface area contributed by atoms with Crippen LogP contribution < -0.4 is 0 Å². The van der Waals surface area contributed by atoms with Gasteiger partial charge < -0.3 is 9.47 Å². The summed E-state index contributed by atoms with van der Waals surface area (Å²) in [7, 11) is 0. The van der Waals surface area contributed by atoms with Gasteiger partial charge in [-0.05, 0) is 25.2 Å². The zero-order chi connectivity index (χ0) is 11.5. The van der Waals surface area contributed by atoms with E-state index in [0.29, 0.717) is 5.92 Å². The minimum Gasteiger partial charge on any atom is -0.353 e. The largest absolute Gasteiger partial charge is 0.353 e. The van der Waals surface area contributed by atoms with Gasteiger partial charge in [-0.25, -0.2) is 0 Å². The maximum atomic E-state index is 5.72. The van der Waals surface area contributed by atoms with Crippen molar-refractivity contribution in [3.8, 4) is 0 Å². The average Bonchev–Trinajstić information content (AvgIpc) is 2.17. The highest BCUT2D eigenvalue weighted by Gasteiger charge is 2.07. The Bertz CT molecular complexity index is 124. The predicted molar refractivity (Wildman–Crippen MR) is 65.0 cm³/mol. The van der Waals surface area contributed by atoms with Gasteiger partial charge in [0.15, 0.2) is 6.29 Å². The summed E-state index contributed by atoms with van der Waals surface area (Å²) in [6.07, 6.45) is 5.61. The molecule has 0 bridgehead atoms. The Labute approximate surface area is 95.3 Å². The summed E-state index contributed by atoms with van der Waals surface area (Å²) < 4.78 is 11.4. The molecule has 0 aliphatic carbocycles. The van der Waals surface area contributed by atoms with E-state index in [0.717, 1.165) is 38.9 Å². The average molecular weight is 216 g/mol. The van der Waals surface area contributed by atoms with Crippen LogP contribution in [-0.2, 0) is 9.47 Å². The molecule has 0 saturated carbocycles. The summed E-state index contributed by atoms with van der Waals surface area (Å²) in [4.78, 5) is 0. The van der Waals surface area contributed by atoms with Crippen molar-refractivity contribution < 1.29 is 9.47 Å². The summed E-state index contributed by atoms with van der Waals surface area (Å²) in [6.45, 7) is 10.4. The lowest BCUT2D eigenvalue weighted by atomic mass is 10.1. The Hall–Kier alpha value is -0.0800. The third-order valence-corrected chi connectivity index (χ3v) is 2.32. The topological polar surface area (TPSA) is 18.5 Å². The van der Waals surface area contributed by atoms with Crippen LogP contribution in [0.2, 0.25) is 0 Å². The standard InChI is InChI=1S/C13H28O2/c1-5-7-10-14-13(8-6-2)15-11-9-12(3)4/h12-13H,5-11H2,1-4H3. The van der Waals surface area contributed by atoms with Gasteiger partial charge in [0.1, 0.15) is 0 Å². The lowest BCUT2D eigenvalue weighted by Crippen LogP contribution is -2.19. The molecule has 0 amide bonds. The van der Waals surface area contributed by atoms with Gasteiger partial charge in [0, 0.05) is 13.2 Å². The molecule has 0 rings (SSSR count). The Morgan fingerprint density at radius 3 is 2.07 bits per heavy atom. The fourth-order valence-electron chi connectivity index (χ4n) is 1.24. The molecule has 0 aromatic rings. The second kappa shape index (κ2) is 10.4. The first-order valence-corrected chi connectivity index (χ1v) is 6.43. The molecule has 0 N–H and O–H groups in total. The van der Waals surface area contributed by atoms with Crippen LogP contribution in [0.3, 0.4) is 0 Å². The van der Waals surface area contributed by atoms with Crippen molar-refractivity contribution in [3.05, 3.63) is 0 Å². The molecule has 2 nitrogen and oxygen atoms in total. The monoisotopic (exact) mass is 216 g/mol. The molecule has 0 spiro atoms. The molecule has 15 heavy (non-hydrogen) atoms. The molecule has 0 aromatic carbocycles. The quantitative estimate of drug-likeness (QED) is 0.406. The van der Waals surface area contributed by atoms with Crippen molar-refractivity contribution in [1.29, 1.82) is 0 Å². The van der Waals surface area contributed by atoms with Gasteiger partial charge >= 0.3 is 0 Å². The van der Waals surface area contributed by atoms with Crippen LogP contribution in [0.1, 0.15) is 59.8 Å². The van der Waals surface area contributed by atoms with Crippen LogP contribution in [0, 0.1) is 5.92 Å². The molecule has 0 fully saturated rings. The molecule has 0 heterocycles. The smallest absolute Gasteiger partial charge is 0.157 e. The number of hydrogen-bond acceptors (Lipinski definition) is 2. The van der Waals surface area contributed by atoms with Crippen LogP contribution in [0.4, 0.5) is 0 Å². The van der Waals surface area contributed by atoms with Crippen molar-refractivity contribution in [2.75, 3.05) is 13.2 Å². The van der Waals surface area contributed by atoms with Gasteiger partial charge in [0.25, 0.3) is 0 Å². The third kappa shape index (κ3) is 10.2. The molecule has 0 aromatic heterocycles. The van der Waals surface area contributed by atoms with Gasteiger partial charge in [0.05, 0.1) is 0 Å². The van der Waals surface area contributed by atoms with Gasteiger partial charge in [-0.2, -0.15) is 0 Å². The molecule has 0 aliphatic rings. The van der Waals surface area contributed by atoms with E-state index < -0.39 is 0 Å². The molecular formula is C13H28O2. The Morgan fingerprint density at radius 2 is 1.53 bits per heavy atom. The summed E-state index contributed by atoms with van der Waals surface area (Å²) in [5.74, 6) is 0.711. The fraction of sp³-hybridized carbons (Fsp3) is 1.00. The molecule has 0 aliphatic heterocycles. The zero-order valence-electron chi connectivity index (χ0n) is 10.9. The molecule has 92 valence electrons. The highest BCUT2D eigenvalue weighted by Crippen LogP contribution is 2.08. The van der Waals surface area contributed by atoms with E-state index >= 15 is 0 Å². The second-order valence-corrected chi connectivity index (χ2v) is 4.50. The Balaban J connectivity index is 3.53. The van der Waals surface area contributed by atoms with E-state index in [1.807, 2.05) is 0 Å². The molecule has 1 atom stereocenters. The first-order valence-electron chi connectivity index (χ1n) is 6.43. The van der Waals surface area contributed by atoms with Gasteiger partial charge in [-0.15, -0.1) is 0 Å². The van der Waals surface area contributed by atoms with Gasteiger partial charge in [0.2, 0.25) is 0 Å². The third-order valence-electron chi connectivity index (χ3n) is 2.32. The van der Waals surface area contributed by atoms with E-state index in [9.17, 15) is 0 Å². The summed E-state index contributed by atoms with van der Waals surface area (Å²) in [5, 5.41) is 0. The molecule has 0 radical (unpaired) electrons. The van der Waals surface area contributed by atoms with E-state index in [2.05, 4.69) is 27.7 Å². The van der Waals surface area contributed by atoms with Crippen molar-refractivity contribution in [2.45, 2.75) is 66.1 Å². The molecule has 0 saturated heterocycles. The lowest BCUT2D eigenvalue weighted by Gasteiger charge is -2.18. The van der Waals surface area contributed by atoms with Crippen LogP contribution in [0.5, 0.6) is 0 Å². The fourth-order valence-corrected chi connectivity index (χ4v) is 1.24. The van der Waals surface area contributed by atoms with Crippen LogP contribution in [-0.4, -0.2) is 19.5 Å². The van der Waals surface area contributed by atoms with E-state index in [-0.39, 0.29) is 6.29 Å². The SMILES string of the molecule is CCCCOC(CCC)OCCC(C)C.